The molecular weight excluding hydrogens is 216 g/mol. The normalized spacial score (nSPS) is 21.5. The third-order valence-corrected chi connectivity index (χ3v) is 4.23. The van der Waals surface area contributed by atoms with E-state index in [1.807, 2.05) is 0 Å². The fraction of sp³-hybridized carbons (Fsp3) is 0.889. The van der Waals surface area contributed by atoms with Crippen LogP contribution in [-0.4, -0.2) is 45.0 Å². The van der Waals surface area contributed by atoms with Crippen LogP contribution in [0.4, 0.5) is 0 Å². The van der Waals surface area contributed by atoms with E-state index in [1.54, 1.807) is 6.92 Å². The lowest BCUT2D eigenvalue weighted by Gasteiger charge is -2.10. The SMILES string of the molecule is CCS(=O)(=O)CCNC(=O)[C@H]1CCCN1. The first kappa shape index (κ1) is 12.4. The lowest BCUT2D eigenvalue weighted by atomic mass is 10.2. The van der Waals surface area contributed by atoms with E-state index in [0.29, 0.717) is 0 Å². The van der Waals surface area contributed by atoms with E-state index in [0.717, 1.165) is 19.4 Å². The minimum absolute atomic E-state index is 0.0297. The highest BCUT2D eigenvalue weighted by atomic mass is 32.2. The quantitative estimate of drug-likeness (QED) is 0.659. The van der Waals surface area contributed by atoms with E-state index < -0.39 is 9.84 Å². The summed E-state index contributed by atoms with van der Waals surface area (Å²) in [6.07, 6.45) is 1.84. The summed E-state index contributed by atoms with van der Waals surface area (Å²) in [5, 5.41) is 5.69. The first-order valence-electron chi connectivity index (χ1n) is 5.26. The molecule has 0 aromatic rings. The summed E-state index contributed by atoms with van der Waals surface area (Å²) in [7, 11) is -2.97. The summed E-state index contributed by atoms with van der Waals surface area (Å²) in [5.41, 5.74) is 0. The van der Waals surface area contributed by atoms with Crippen LogP contribution in [0.5, 0.6) is 0 Å². The minimum Gasteiger partial charge on any atom is -0.354 e. The second-order valence-electron chi connectivity index (χ2n) is 3.68. The molecule has 0 aromatic carbocycles. The van der Waals surface area contributed by atoms with Crippen molar-refractivity contribution in [1.29, 1.82) is 0 Å². The maximum absolute atomic E-state index is 11.5. The van der Waals surface area contributed by atoms with Crippen molar-refractivity contribution >= 4 is 15.7 Å². The largest absolute Gasteiger partial charge is 0.354 e. The van der Waals surface area contributed by atoms with Crippen molar-refractivity contribution in [3.63, 3.8) is 0 Å². The van der Waals surface area contributed by atoms with Gasteiger partial charge in [-0.15, -0.1) is 0 Å². The van der Waals surface area contributed by atoms with E-state index in [4.69, 9.17) is 0 Å². The highest BCUT2D eigenvalue weighted by Crippen LogP contribution is 2.04. The van der Waals surface area contributed by atoms with E-state index in [9.17, 15) is 13.2 Å². The predicted octanol–water partition coefficient (Wildman–Crippen LogP) is -0.711. The summed E-state index contributed by atoms with van der Waals surface area (Å²) >= 11 is 0. The molecule has 2 N–H and O–H groups in total. The van der Waals surface area contributed by atoms with Crippen LogP contribution in [0.1, 0.15) is 19.8 Å². The maximum Gasteiger partial charge on any atom is 0.237 e. The van der Waals surface area contributed by atoms with Crippen LogP contribution in [0, 0.1) is 0 Å². The van der Waals surface area contributed by atoms with E-state index >= 15 is 0 Å². The van der Waals surface area contributed by atoms with Crippen molar-refractivity contribution in [2.45, 2.75) is 25.8 Å². The number of amides is 1. The molecule has 1 heterocycles. The van der Waals surface area contributed by atoms with Crippen molar-refractivity contribution in [3.05, 3.63) is 0 Å². The molecule has 5 nitrogen and oxygen atoms in total. The van der Waals surface area contributed by atoms with Crippen LogP contribution in [0.2, 0.25) is 0 Å². The Morgan fingerprint density at radius 1 is 1.53 bits per heavy atom. The van der Waals surface area contributed by atoms with E-state index in [-0.39, 0.29) is 30.0 Å². The Labute approximate surface area is 90.5 Å². The molecule has 1 saturated heterocycles. The molecule has 0 bridgehead atoms. The molecule has 1 fully saturated rings. The van der Waals surface area contributed by atoms with Crippen LogP contribution >= 0.6 is 0 Å². The monoisotopic (exact) mass is 234 g/mol. The Kier molecular flexibility index (Phi) is 4.53. The molecule has 1 amide bonds. The van der Waals surface area contributed by atoms with Gasteiger partial charge in [0.1, 0.15) is 0 Å². The van der Waals surface area contributed by atoms with Crippen LogP contribution in [0.3, 0.4) is 0 Å². The van der Waals surface area contributed by atoms with E-state index in [1.165, 1.54) is 0 Å². The lowest BCUT2D eigenvalue weighted by Crippen LogP contribution is -2.42. The molecule has 1 aliphatic heterocycles. The number of hydrogen-bond donors (Lipinski definition) is 2. The Bertz CT molecular complexity index is 307. The van der Waals surface area contributed by atoms with Gasteiger partial charge in [0.15, 0.2) is 9.84 Å². The van der Waals surface area contributed by atoms with Crippen molar-refractivity contribution in [1.82, 2.24) is 10.6 Å². The standard InChI is InChI=1S/C9H18N2O3S/c1-2-15(13,14)7-6-11-9(12)8-4-3-5-10-8/h8,10H,2-7H2,1H3,(H,11,12)/t8-/m1/s1. The fourth-order valence-corrected chi connectivity index (χ4v) is 2.21. The van der Waals surface area contributed by atoms with E-state index in [2.05, 4.69) is 10.6 Å². The van der Waals surface area contributed by atoms with Gasteiger partial charge in [-0.25, -0.2) is 8.42 Å². The zero-order valence-corrected chi connectivity index (χ0v) is 9.77. The van der Waals surface area contributed by atoms with Gasteiger partial charge < -0.3 is 10.6 Å². The summed E-state index contributed by atoms with van der Waals surface area (Å²) in [5.74, 6) is 0.0748. The van der Waals surface area contributed by atoms with Crippen LogP contribution in [0.15, 0.2) is 0 Å². The van der Waals surface area contributed by atoms with Gasteiger partial charge in [0.2, 0.25) is 5.91 Å². The molecule has 0 unspecified atom stereocenters. The van der Waals surface area contributed by atoms with Crippen molar-refractivity contribution in [3.8, 4) is 0 Å². The number of hydrogen-bond acceptors (Lipinski definition) is 4. The summed E-state index contributed by atoms with van der Waals surface area (Å²) in [4.78, 5) is 11.5. The van der Waals surface area contributed by atoms with Gasteiger partial charge >= 0.3 is 0 Å². The Balaban J connectivity index is 2.22. The zero-order chi connectivity index (χ0) is 11.3. The molecule has 88 valence electrons. The first-order chi connectivity index (χ1) is 7.05. The molecule has 0 spiro atoms. The molecular formula is C9H18N2O3S. The molecule has 0 radical (unpaired) electrons. The zero-order valence-electron chi connectivity index (χ0n) is 8.95. The molecule has 0 saturated carbocycles. The lowest BCUT2D eigenvalue weighted by molar-refractivity contribution is -0.122. The van der Waals surface area contributed by atoms with Crippen LogP contribution in [0.25, 0.3) is 0 Å². The predicted molar refractivity (Wildman–Crippen MR) is 58.4 cm³/mol. The smallest absolute Gasteiger partial charge is 0.237 e. The highest BCUT2D eigenvalue weighted by Gasteiger charge is 2.21. The number of sulfone groups is 1. The third kappa shape index (κ3) is 4.17. The average molecular weight is 234 g/mol. The number of rotatable bonds is 5. The van der Waals surface area contributed by atoms with Gasteiger partial charge in [0.25, 0.3) is 0 Å². The Morgan fingerprint density at radius 3 is 2.80 bits per heavy atom. The summed E-state index contributed by atoms with van der Waals surface area (Å²) < 4.78 is 22.3. The van der Waals surface area contributed by atoms with Gasteiger partial charge in [-0.05, 0) is 19.4 Å². The van der Waals surface area contributed by atoms with Crippen LogP contribution < -0.4 is 10.6 Å². The van der Waals surface area contributed by atoms with Gasteiger partial charge in [-0.2, -0.15) is 0 Å². The van der Waals surface area contributed by atoms with Crippen molar-refractivity contribution < 1.29 is 13.2 Å². The average Bonchev–Trinajstić information content (AvgIpc) is 2.70. The van der Waals surface area contributed by atoms with Gasteiger partial charge in [0.05, 0.1) is 11.8 Å². The Hall–Kier alpha value is -0.620. The first-order valence-corrected chi connectivity index (χ1v) is 7.09. The third-order valence-electron chi connectivity index (χ3n) is 2.53. The summed E-state index contributed by atoms with van der Waals surface area (Å²) in [6, 6.07) is -0.130. The maximum atomic E-state index is 11.5. The molecule has 0 aliphatic carbocycles. The molecule has 1 aliphatic rings. The second-order valence-corrected chi connectivity index (χ2v) is 6.15. The molecule has 15 heavy (non-hydrogen) atoms. The van der Waals surface area contributed by atoms with Gasteiger partial charge in [0, 0.05) is 12.3 Å². The second kappa shape index (κ2) is 5.46. The number of carbonyl (C=O) groups is 1. The molecule has 0 aromatic heterocycles. The number of carbonyl (C=O) groups excluding carboxylic acids is 1. The fourth-order valence-electron chi connectivity index (χ4n) is 1.51. The van der Waals surface area contributed by atoms with Crippen LogP contribution in [-0.2, 0) is 14.6 Å². The molecule has 1 atom stereocenters. The summed E-state index contributed by atoms with van der Waals surface area (Å²) in [6.45, 7) is 2.69. The minimum atomic E-state index is -2.97. The molecule has 6 heteroatoms. The van der Waals surface area contributed by atoms with Gasteiger partial charge in [-0.3, -0.25) is 4.79 Å². The topological polar surface area (TPSA) is 75.3 Å². The number of nitrogens with one attached hydrogen (secondary N) is 2. The Morgan fingerprint density at radius 2 is 2.27 bits per heavy atom. The molecule has 1 rings (SSSR count). The highest BCUT2D eigenvalue weighted by molar-refractivity contribution is 7.91. The van der Waals surface area contributed by atoms with Crippen molar-refractivity contribution in [2.24, 2.45) is 0 Å². The van der Waals surface area contributed by atoms with Crippen molar-refractivity contribution in [2.75, 3.05) is 24.6 Å². The van der Waals surface area contributed by atoms with Gasteiger partial charge in [-0.1, -0.05) is 6.92 Å².